The Bertz CT molecular complexity index is 548. The van der Waals surface area contributed by atoms with Gasteiger partial charge in [0.1, 0.15) is 0 Å². The van der Waals surface area contributed by atoms with Crippen LogP contribution in [0.2, 0.25) is 0 Å². The van der Waals surface area contributed by atoms with E-state index in [1.807, 2.05) is 50.2 Å². The molecule has 2 nitrogen and oxygen atoms in total. The summed E-state index contributed by atoms with van der Waals surface area (Å²) in [6.07, 6.45) is 0.743. The average Bonchev–Trinajstić information content (AvgIpc) is 2.59. The molecule has 0 aromatic heterocycles. The van der Waals surface area contributed by atoms with Gasteiger partial charge in [0.2, 0.25) is 0 Å². The molecule has 0 aliphatic heterocycles. The molecule has 4 heteroatoms. The first-order chi connectivity index (χ1) is 10.7. The van der Waals surface area contributed by atoms with Crippen LogP contribution >= 0.6 is 0 Å². The molecule has 0 spiro atoms. The van der Waals surface area contributed by atoms with Crippen molar-refractivity contribution in [2.75, 3.05) is 0 Å². The SMILES string of the molecule is CCC(O)c1ccccc1[Se][Se]c1ccccc1C(O)CC. The zero-order valence-electron chi connectivity index (χ0n) is 12.9. The molecule has 22 heavy (non-hydrogen) atoms. The van der Waals surface area contributed by atoms with E-state index in [2.05, 4.69) is 12.1 Å². The zero-order valence-corrected chi connectivity index (χ0v) is 16.3. The van der Waals surface area contributed by atoms with Crippen LogP contribution in [-0.2, 0) is 0 Å². The molecular weight excluding hydrogens is 406 g/mol. The van der Waals surface area contributed by atoms with Gasteiger partial charge in [-0.15, -0.1) is 0 Å². The third kappa shape index (κ3) is 4.45. The molecule has 0 saturated heterocycles. The van der Waals surface area contributed by atoms with Crippen LogP contribution in [0.15, 0.2) is 48.5 Å². The molecule has 0 heterocycles. The molecule has 0 aliphatic carbocycles. The molecule has 0 bridgehead atoms. The van der Waals surface area contributed by atoms with Gasteiger partial charge in [0.25, 0.3) is 0 Å². The van der Waals surface area contributed by atoms with Crippen LogP contribution in [0.1, 0.15) is 50.0 Å². The fourth-order valence-electron chi connectivity index (χ4n) is 2.19. The van der Waals surface area contributed by atoms with Crippen molar-refractivity contribution in [1.29, 1.82) is 0 Å². The van der Waals surface area contributed by atoms with E-state index < -0.39 is 0 Å². The van der Waals surface area contributed by atoms with E-state index in [-0.39, 0.29) is 12.2 Å². The Morgan fingerprint density at radius 3 is 1.45 bits per heavy atom. The molecule has 2 aromatic carbocycles. The molecule has 2 atom stereocenters. The van der Waals surface area contributed by atoms with Crippen molar-refractivity contribution in [3.8, 4) is 0 Å². The van der Waals surface area contributed by atoms with E-state index in [4.69, 9.17) is 0 Å². The van der Waals surface area contributed by atoms with Crippen LogP contribution in [0.25, 0.3) is 0 Å². The fraction of sp³-hybridized carbons (Fsp3) is 0.333. The van der Waals surface area contributed by atoms with Gasteiger partial charge in [-0.25, -0.2) is 0 Å². The van der Waals surface area contributed by atoms with Gasteiger partial charge in [-0.2, -0.15) is 0 Å². The van der Waals surface area contributed by atoms with Crippen molar-refractivity contribution >= 4 is 35.2 Å². The molecular formula is C18H22O2Se2. The van der Waals surface area contributed by atoms with Gasteiger partial charge in [0.15, 0.2) is 0 Å². The van der Waals surface area contributed by atoms with Gasteiger partial charge in [-0.05, 0) is 0 Å². The molecule has 0 amide bonds. The summed E-state index contributed by atoms with van der Waals surface area (Å²) in [4.78, 5) is 0. The third-order valence-corrected chi connectivity index (χ3v) is 10.9. The van der Waals surface area contributed by atoms with Crippen LogP contribution in [0.5, 0.6) is 0 Å². The molecule has 2 N–H and O–H groups in total. The third-order valence-electron chi connectivity index (χ3n) is 3.55. The summed E-state index contributed by atoms with van der Waals surface area (Å²) in [6, 6.07) is 16.4. The van der Waals surface area contributed by atoms with E-state index in [9.17, 15) is 10.2 Å². The number of rotatable bonds is 7. The van der Waals surface area contributed by atoms with Crippen LogP contribution < -0.4 is 8.92 Å². The first kappa shape index (κ1) is 17.7. The number of aliphatic hydroxyl groups is 2. The molecule has 0 saturated carbocycles. The Morgan fingerprint density at radius 1 is 0.727 bits per heavy atom. The number of aliphatic hydroxyl groups excluding tert-OH is 2. The second-order valence-electron chi connectivity index (χ2n) is 5.09. The number of hydrogen-bond acceptors (Lipinski definition) is 2. The van der Waals surface area contributed by atoms with Crippen LogP contribution in [0.4, 0.5) is 0 Å². The normalized spacial score (nSPS) is 13.8. The van der Waals surface area contributed by atoms with E-state index in [1.54, 1.807) is 0 Å². The topological polar surface area (TPSA) is 40.5 Å². The minimum atomic E-state index is -0.370. The van der Waals surface area contributed by atoms with E-state index in [1.165, 1.54) is 8.92 Å². The maximum absolute atomic E-state index is 10.2. The Kier molecular flexibility index (Phi) is 7.17. The zero-order chi connectivity index (χ0) is 15.9. The van der Waals surface area contributed by atoms with Gasteiger partial charge < -0.3 is 0 Å². The molecule has 0 fully saturated rings. The monoisotopic (exact) mass is 430 g/mol. The summed E-state index contributed by atoms with van der Waals surface area (Å²) in [6.45, 7) is 4.01. The van der Waals surface area contributed by atoms with Crippen molar-refractivity contribution in [3.05, 3.63) is 59.7 Å². The first-order valence-electron chi connectivity index (χ1n) is 7.55. The summed E-state index contributed by atoms with van der Waals surface area (Å²) >= 11 is 0.618. The van der Waals surface area contributed by atoms with Crippen LogP contribution in [-0.4, -0.2) is 36.5 Å². The predicted octanol–water partition coefficient (Wildman–Crippen LogP) is 1.85. The summed E-state index contributed by atoms with van der Waals surface area (Å²) in [5.74, 6) is 0. The quantitative estimate of drug-likeness (QED) is 0.662. The molecule has 0 aliphatic rings. The second-order valence-corrected chi connectivity index (χ2v) is 11.3. The average molecular weight is 428 g/mol. The van der Waals surface area contributed by atoms with Crippen LogP contribution in [0.3, 0.4) is 0 Å². The van der Waals surface area contributed by atoms with E-state index in [0.29, 0.717) is 26.3 Å². The Balaban J connectivity index is 2.18. The second kappa shape index (κ2) is 8.88. The van der Waals surface area contributed by atoms with Crippen molar-refractivity contribution in [1.82, 2.24) is 0 Å². The van der Waals surface area contributed by atoms with E-state index >= 15 is 0 Å². The van der Waals surface area contributed by atoms with Crippen molar-refractivity contribution in [3.63, 3.8) is 0 Å². The Morgan fingerprint density at radius 2 is 1.09 bits per heavy atom. The van der Waals surface area contributed by atoms with Crippen molar-refractivity contribution in [2.45, 2.75) is 38.9 Å². The molecule has 0 radical (unpaired) electrons. The van der Waals surface area contributed by atoms with Crippen molar-refractivity contribution < 1.29 is 10.2 Å². The number of hydrogen-bond donors (Lipinski definition) is 2. The van der Waals surface area contributed by atoms with Crippen LogP contribution in [0, 0.1) is 0 Å². The summed E-state index contributed by atoms with van der Waals surface area (Å²) < 4.78 is 2.57. The first-order valence-corrected chi connectivity index (χ1v) is 13.6. The standard InChI is InChI=1S/C18H22O2Se2/c1-3-15(19)13-9-5-7-11-17(13)21-22-18-12-8-6-10-14(18)16(20)4-2/h5-12,15-16,19-20H,3-4H2,1-2H3. The fourth-order valence-corrected chi connectivity index (χ4v) is 9.66. The number of benzene rings is 2. The van der Waals surface area contributed by atoms with Crippen molar-refractivity contribution in [2.24, 2.45) is 0 Å². The molecule has 118 valence electrons. The van der Waals surface area contributed by atoms with E-state index in [0.717, 1.165) is 24.0 Å². The molecule has 2 aromatic rings. The maximum atomic E-state index is 10.2. The summed E-state index contributed by atoms with van der Waals surface area (Å²) in [5.41, 5.74) is 2.14. The van der Waals surface area contributed by atoms with Gasteiger partial charge in [-0.1, -0.05) is 0 Å². The van der Waals surface area contributed by atoms with Gasteiger partial charge >= 0.3 is 144 Å². The summed E-state index contributed by atoms with van der Waals surface area (Å²) in [5, 5.41) is 20.3. The Hall–Kier alpha value is -0.601. The summed E-state index contributed by atoms with van der Waals surface area (Å²) in [7, 11) is 0. The van der Waals surface area contributed by atoms with Gasteiger partial charge in [-0.3, -0.25) is 0 Å². The Labute approximate surface area is 143 Å². The van der Waals surface area contributed by atoms with Gasteiger partial charge in [0, 0.05) is 0 Å². The minimum absolute atomic E-state index is 0.309. The van der Waals surface area contributed by atoms with Gasteiger partial charge in [0.05, 0.1) is 0 Å². The molecule has 2 rings (SSSR count). The molecule has 2 unspecified atom stereocenters. The predicted molar refractivity (Wildman–Crippen MR) is 94.2 cm³/mol.